The normalized spacial score (nSPS) is 12.5. The van der Waals surface area contributed by atoms with Crippen molar-refractivity contribution < 1.29 is 14.3 Å². The van der Waals surface area contributed by atoms with Crippen LogP contribution in [0.15, 0.2) is 65.1 Å². The van der Waals surface area contributed by atoms with Crippen molar-refractivity contribution in [2.24, 2.45) is 0 Å². The summed E-state index contributed by atoms with van der Waals surface area (Å²) in [5.74, 6) is 0.494. The largest absolute Gasteiger partial charge is 0.454 e. The summed E-state index contributed by atoms with van der Waals surface area (Å²) in [5.41, 5.74) is 1.90. The Balaban J connectivity index is 1.69. The zero-order chi connectivity index (χ0) is 20.5. The van der Waals surface area contributed by atoms with Gasteiger partial charge in [0.1, 0.15) is 5.75 Å². The first kappa shape index (κ1) is 19.5. The van der Waals surface area contributed by atoms with Crippen LogP contribution in [0.25, 0.3) is 0 Å². The number of carbonyl (C=O) groups is 2. The van der Waals surface area contributed by atoms with Gasteiger partial charge in [-0.15, -0.1) is 0 Å². The van der Waals surface area contributed by atoms with Gasteiger partial charge in [0.05, 0.1) is 21.8 Å². The number of hydrogen-bond donors (Lipinski definition) is 1. The quantitative estimate of drug-likeness (QED) is 0.500. The van der Waals surface area contributed by atoms with Gasteiger partial charge < -0.3 is 15.0 Å². The number of para-hydroxylation sites is 2. The fraction of sp³-hybridized carbons (Fsp3) is 0.0909. The predicted octanol–water partition coefficient (Wildman–Crippen LogP) is 6.13. The van der Waals surface area contributed by atoms with Crippen molar-refractivity contribution in [3.05, 3.63) is 81.3 Å². The van der Waals surface area contributed by atoms with Crippen molar-refractivity contribution >= 4 is 50.7 Å². The van der Waals surface area contributed by atoms with E-state index in [9.17, 15) is 9.59 Å². The molecule has 0 aromatic heterocycles. The topological polar surface area (TPSA) is 58.6 Å². The van der Waals surface area contributed by atoms with Crippen LogP contribution < -0.4 is 15.0 Å². The lowest BCUT2D eigenvalue weighted by Gasteiger charge is -2.19. The maximum absolute atomic E-state index is 13.1. The molecule has 4 rings (SSSR count). The van der Waals surface area contributed by atoms with E-state index in [0.717, 1.165) is 4.47 Å². The maximum atomic E-state index is 13.1. The lowest BCUT2D eigenvalue weighted by atomic mass is 10.1. The van der Waals surface area contributed by atoms with Crippen LogP contribution in [0.1, 0.15) is 27.6 Å². The molecular formula is C22H16BrClN2O3. The van der Waals surface area contributed by atoms with Gasteiger partial charge in [-0.05, 0) is 55.5 Å². The van der Waals surface area contributed by atoms with Crippen LogP contribution in [0, 0.1) is 0 Å². The number of nitrogens with zero attached hydrogens (tertiary/aromatic N) is 1. The van der Waals surface area contributed by atoms with Gasteiger partial charge in [-0.2, -0.15) is 0 Å². The average molecular weight is 472 g/mol. The summed E-state index contributed by atoms with van der Waals surface area (Å²) >= 11 is 9.48. The van der Waals surface area contributed by atoms with E-state index >= 15 is 0 Å². The Morgan fingerprint density at radius 2 is 1.90 bits per heavy atom. The number of halogens is 2. The molecule has 0 spiro atoms. The Labute approximate surface area is 181 Å². The highest BCUT2D eigenvalue weighted by atomic mass is 79.9. The second kappa shape index (κ2) is 7.89. The molecule has 0 fully saturated rings. The average Bonchev–Trinajstić information content (AvgIpc) is 2.83. The van der Waals surface area contributed by atoms with Crippen LogP contribution in [0.5, 0.6) is 11.5 Å². The number of benzene rings is 3. The summed E-state index contributed by atoms with van der Waals surface area (Å²) in [4.78, 5) is 27.5. The zero-order valence-corrected chi connectivity index (χ0v) is 17.8. The molecule has 0 aliphatic carbocycles. The second-order valence-corrected chi connectivity index (χ2v) is 7.73. The monoisotopic (exact) mass is 470 g/mol. The lowest BCUT2D eigenvalue weighted by Crippen LogP contribution is -2.29. The molecule has 1 heterocycles. The first-order valence-electron chi connectivity index (χ1n) is 8.97. The van der Waals surface area contributed by atoms with E-state index in [-0.39, 0.29) is 11.8 Å². The molecule has 0 atom stereocenters. The molecule has 0 unspecified atom stereocenters. The van der Waals surface area contributed by atoms with Crippen molar-refractivity contribution in [3.63, 3.8) is 0 Å². The molecule has 2 amide bonds. The van der Waals surface area contributed by atoms with Crippen LogP contribution in [-0.4, -0.2) is 18.4 Å². The third-order valence-electron chi connectivity index (χ3n) is 4.58. The highest BCUT2D eigenvalue weighted by molar-refractivity contribution is 9.10. The molecule has 3 aromatic rings. The molecule has 0 saturated carbocycles. The third-order valence-corrected chi connectivity index (χ3v) is 5.40. The zero-order valence-electron chi connectivity index (χ0n) is 15.4. The minimum atomic E-state index is -0.367. The standard InChI is InChI=1S/C22H16BrClN2O3/c1-2-26-18-5-3-4-6-20(18)29-19-10-8-14(12-16(19)22(26)28)25-21(27)15-11-13(23)7-9-17(15)24/h3-12H,2H2,1H3,(H,25,27). The van der Waals surface area contributed by atoms with E-state index < -0.39 is 0 Å². The van der Waals surface area contributed by atoms with Crippen molar-refractivity contribution in [1.29, 1.82) is 0 Å². The minimum Gasteiger partial charge on any atom is -0.454 e. The van der Waals surface area contributed by atoms with E-state index in [1.165, 1.54) is 0 Å². The smallest absolute Gasteiger partial charge is 0.262 e. The molecule has 1 aliphatic heterocycles. The molecule has 1 aliphatic rings. The second-order valence-electron chi connectivity index (χ2n) is 6.41. The number of fused-ring (bicyclic) bond motifs is 2. The van der Waals surface area contributed by atoms with Crippen molar-refractivity contribution in [2.75, 3.05) is 16.8 Å². The van der Waals surface area contributed by atoms with Gasteiger partial charge in [-0.25, -0.2) is 0 Å². The number of hydrogen-bond acceptors (Lipinski definition) is 3. The Morgan fingerprint density at radius 3 is 2.69 bits per heavy atom. The highest BCUT2D eigenvalue weighted by Gasteiger charge is 2.27. The number of carbonyl (C=O) groups excluding carboxylic acids is 2. The van der Waals surface area contributed by atoms with Crippen LogP contribution in [-0.2, 0) is 0 Å². The molecule has 0 bridgehead atoms. The SMILES string of the molecule is CCN1C(=O)c2cc(NC(=O)c3cc(Br)ccc3Cl)ccc2Oc2ccccc21. The summed E-state index contributed by atoms with van der Waals surface area (Å²) in [7, 11) is 0. The molecular weight excluding hydrogens is 456 g/mol. The Kier molecular flexibility index (Phi) is 5.30. The van der Waals surface area contributed by atoms with Crippen LogP contribution in [0.2, 0.25) is 5.02 Å². The maximum Gasteiger partial charge on any atom is 0.262 e. The van der Waals surface area contributed by atoms with Crippen molar-refractivity contribution in [1.82, 2.24) is 0 Å². The van der Waals surface area contributed by atoms with Crippen LogP contribution >= 0.6 is 27.5 Å². The van der Waals surface area contributed by atoms with Gasteiger partial charge in [0, 0.05) is 16.7 Å². The fourth-order valence-corrected chi connectivity index (χ4v) is 3.75. The molecule has 5 nitrogen and oxygen atoms in total. The molecule has 7 heteroatoms. The summed E-state index contributed by atoms with van der Waals surface area (Å²) in [6.07, 6.45) is 0. The summed E-state index contributed by atoms with van der Waals surface area (Å²) in [5, 5.41) is 3.14. The molecule has 0 radical (unpaired) electrons. The predicted molar refractivity (Wildman–Crippen MR) is 117 cm³/mol. The molecule has 146 valence electrons. The number of anilines is 2. The van der Waals surface area contributed by atoms with E-state index in [1.54, 1.807) is 41.3 Å². The number of nitrogens with one attached hydrogen (secondary N) is 1. The van der Waals surface area contributed by atoms with E-state index in [2.05, 4.69) is 21.2 Å². The van der Waals surface area contributed by atoms with Gasteiger partial charge in [0.15, 0.2) is 5.75 Å². The molecule has 0 saturated heterocycles. The summed E-state index contributed by atoms with van der Waals surface area (Å²) in [6, 6.07) is 17.4. The van der Waals surface area contributed by atoms with Crippen LogP contribution in [0.4, 0.5) is 11.4 Å². The van der Waals surface area contributed by atoms with Gasteiger partial charge in [0.25, 0.3) is 11.8 Å². The minimum absolute atomic E-state index is 0.191. The van der Waals surface area contributed by atoms with E-state index in [0.29, 0.717) is 45.6 Å². The molecule has 3 aromatic carbocycles. The summed E-state index contributed by atoms with van der Waals surface area (Å²) in [6.45, 7) is 2.39. The fourth-order valence-electron chi connectivity index (χ4n) is 3.19. The van der Waals surface area contributed by atoms with Gasteiger partial charge in [-0.1, -0.05) is 39.7 Å². The third kappa shape index (κ3) is 3.73. The Morgan fingerprint density at radius 1 is 1.10 bits per heavy atom. The van der Waals surface area contributed by atoms with Crippen molar-refractivity contribution in [3.8, 4) is 11.5 Å². The number of amides is 2. The molecule has 29 heavy (non-hydrogen) atoms. The van der Waals surface area contributed by atoms with Crippen LogP contribution in [0.3, 0.4) is 0 Å². The Bertz CT molecular complexity index is 1130. The van der Waals surface area contributed by atoms with Gasteiger partial charge >= 0.3 is 0 Å². The lowest BCUT2D eigenvalue weighted by molar-refractivity contribution is 0.0985. The van der Waals surface area contributed by atoms with Gasteiger partial charge in [-0.3, -0.25) is 9.59 Å². The highest BCUT2D eigenvalue weighted by Crippen LogP contribution is 2.39. The van der Waals surface area contributed by atoms with Gasteiger partial charge in [0.2, 0.25) is 0 Å². The van der Waals surface area contributed by atoms with Crippen molar-refractivity contribution in [2.45, 2.75) is 6.92 Å². The summed E-state index contributed by atoms with van der Waals surface area (Å²) < 4.78 is 6.73. The number of rotatable bonds is 3. The first-order valence-corrected chi connectivity index (χ1v) is 10.1. The number of ether oxygens (including phenoxy) is 1. The van der Waals surface area contributed by atoms with E-state index in [4.69, 9.17) is 16.3 Å². The molecule has 1 N–H and O–H groups in total. The first-order chi connectivity index (χ1) is 14.0. The van der Waals surface area contributed by atoms with E-state index in [1.807, 2.05) is 31.2 Å². The Hall–Kier alpha value is -2.83.